The van der Waals surface area contributed by atoms with Gasteiger partial charge in [-0.15, -0.1) is 22.7 Å². The van der Waals surface area contributed by atoms with Crippen LogP contribution in [0.4, 0.5) is 0 Å². The molecule has 21 heavy (non-hydrogen) atoms. The van der Waals surface area contributed by atoms with Crippen LogP contribution in [0.15, 0.2) is 34.0 Å². The van der Waals surface area contributed by atoms with E-state index in [0.29, 0.717) is 12.6 Å². The first-order valence-electron chi connectivity index (χ1n) is 6.87. The van der Waals surface area contributed by atoms with Crippen molar-refractivity contribution in [3.05, 3.63) is 50.0 Å². The molecular weight excluding hydrogens is 302 g/mol. The quantitative estimate of drug-likeness (QED) is 0.786. The highest BCUT2D eigenvalue weighted by molar-refractivity contribution is 7.17. The van der Waals surface area contributed by atoms with Crippen molar-refractivity contribution in [2.24, 2.45) is 0 Å². The Morgan fingerprint density at radius 3 is 3.05 bits per heavy atom. The van der Waals surface area contributed by atoms with Gasteiger partial charge in [0, 0.05) is 24.0 Å². The van der Waals surface area contributed by atoms with Gasteiger partial charge in [-0.1, -0.05) is 6.07 Å². The topological polar surface area (TPSA) is 46.9 Å². The Morgan fingerprint density at radius 1 is 1.43 bits per heavy atom. The molecule has 1 atom stereocenters. The number of rotatable bonds is 5. The zero-order valence-corrected chi connectivity index (χ0v) is 13.6. The number of fused-ring (bicyclic) bond motifs is 1. The van der Waals surface area contributed by atoms with Crippen molar-refractivity contribution in [1.82, 2.24) is 14.9 Å². The first-order valence-corrected chi connectivity index (χ1v) is 8.63. The van der Waals surface area contributed by atoms with Crippen LogP contribution in [0.3, 0.4) is 0 Å². The Balaban J connectivity index is 1.68. The maximum absolute atomic E-state index is 12.4. The lowest BCUT2D eigenvalue weighted by Gasteiger charge is -2.12. The fourth-order valence-electron chi connectivity index (χ4n) is 2.26. The minimum atomic E-state index is 0.0590. The molecule has 0 aliphatic rings. The fraction of sp³-hybridized carbons (Fsp3) is 0.333. The maximum Gasteiger partial charge on any atom is 0.271 e. The van der Waals surface area contributed by atoms with Crippen LogP contribution in [0, 0.1) is 6.92 Å². The molecule has 3 aromatic rings. The zero-order valence-electron chi connectivity index (χ0n) is 12.0. The molecule has 0 radical (unpaired) electrons. The first-order chi connectivity index (χ1) is 10.2. The van der Waals surface area contributed by atoms with Crippen LogP contribution in [0.5, 0.6) is 0 Å². The molecule has 3 heterocycles. The highest BCUT2D eigenvalue weighted by Crippen LogP contribution is 2.19. The third-order valence-corrected chi connectivity index (χ3v) is 5.63. The second-order valence-corrected chi connectivity index (χ2v) is 6.89. The van der Waals surface area contributed by atoms with Crippen LogP contribution in [-0.2, 0) is 6.54 Å². The third-order valence-electron chi connectivity index (χ3n) is 3.50. The van der Waals surface area contributed by atoms with Crippen LogP contribution >= 0.6 is 22.7 Å². The van der Waals surface area contributed by atoms with Crippen molar-refractivity contribution in [2.75, 3.05) is 6.54 Å². The van der Waals surface area contributed by atoms with E-state index in [1.54, 1.807) is 22.2 Å². The van der Waals surface area contributed by atoms with Gasteiger partial charge in [0.25, 0.3) is 5.56 Å². The average molecular weight is 319 g/mol. The standard InChI is InChI=1S/C15H17N3OS2/c1-10-8-21-14-13(10)17-9-18(15(14)19)6-5-16-11(2)12-4-3-7-20-12/h3-4,7-9,11,16H,5-6H2,1-2H3. The van der Waals surface area contributed by atoms with Gasteiger partial charge in [-0.25, -0.2) is 4.98 Å². The number of thiophene rings is 2. The van der Waals surface area contributed by atoms with Crippen LogP contribution < -0.4 is 10.9 Å². The highest BCUT2D eigenvalue weighted by Gasteiger charge is 2.09. The summed E-state index contributed by atoms with van der Waals surface area (Å²) < 4.78 is 2.44. The van der Waals surface area contributed by atoms with Crippen molar-refractivity contribution in [3.8, 4) is 0 Å². The Bertz CT molecular complexity index is 789. The summed E-state index contributed by atoms with van der Waals surface area (Å²) in [6.45, 7) is 5.50. The van der Waals surface area contributed by atoms with Crippen molar-refractivity contribution in [1.29, 1.82) is 0 Å². The molecule has 0 fully saturated rings. The molecule has 0 aliphatic heterocycles. The largest absolute Gasteiger partial charge is 0.308 e. The smallest absolute Gasteiger partial charge is 0.271 e. The highest BCUT2D eigenvalue weighted by atomic mass is 32.1. The third kappa shape index (κ3) is 2.92. The summed E-state index contributed by atoms with van der Waals surface area (Å²) in [5, 5.41) is 7.51. The molecule has 4 nitrogen and oxygen atoms in total. The predicted molar refractivity (Wildman–Crippen MR) is 89.4 cm³/mol. The molecule has 0 saturated heterocycles. The van der Waals surface area contributed by atoms with Crippen LogP contribution in [0.25, 0.3) is 10.2 Å². The van der Waals surface area contributed by atoms with Crippen molar-refractivity contribution < 1.29 is 0 Å². The molecule has 1 unspecified atom stereocenters. The zero-order chi connectivity index (χ0) is 14.8. The normalized spacial score (nSPS) is 12.9. The Hall–Kier alpha value is -1.50. The molecule has 0 saturated carbocycles. The SMILES string of the molecule is Cc1csc2c(=O)n(CCNC(C)c3cccs3)cnc12. The van der Waals surface area contributed by atoms with Gasteiger partial charge >= 0.3 is 0 Å². The maximum atomic E-state index is 12.4. The summed E-state index contributed by atoms with van der Waals surface area (Å²) in [6.07, 6.45) is 1.65. The van der Waals surface area contributed by atoms with E-state index in [-0.39, 0.29) is 5.56 Å². The summed E-state index contributed by atoms with van der Waals surface area (Å²) in [4.78, 5) is 18.1. The second-order valence-electron chi connectivity index (χ2n) is 5.03. The van der Waals surface area contributed by atoms with E-state index >= 15 is 0 Å². The fourth-order valence-corrected chi connectivity index (χ4v) is 3.97. The van der Waals surface area contributed by atoms with Crippen LogP contribution in [-0.4, -0.2) is 16.1 Å². The van der Waals surface area contributed by atoms with E-state index in [1.807, 2.05) is 12.3 Å². The van der Waals surface area contributed by atoms with Gasteiger partial charge in [-0.3, -0.25) is 9.36 Å². The summed E-state index contributed by atoms with van der Waals surface area (Å²) in [5.41, 5.74) is 1.97. The lowest BCUT2D eigenvalue weighted by Crippen LogP contribution is -2.28. The van der Waals surface area contributed by atoms with Crippen LogP contribution in [0.2, 0.25) is 0 Å². The van der Waals surface area contributed by atoms with Gasteiger partial charge in [0.05, 0.1) is 11.8 Å². The van der Waals surface area contributed by atoms with Gasteiger partial charge in [0.2, 0.25) is 0 Å². The minimum absolute atomic E-state index is 0.0590. The molecular formula is C15H17N3OS2. The molecule has 0 aliphatic carbocycles. The Labute approximate surface area is 131 Å². The number of aryl methyl sites for hydroxylation is 1. The Morgan fingerprint density at radius 2 is 2.29 bits per heavy atom. The average Bonchev–Trinajstić information content (AvgIpc) is 3.12. The van der Waals surface area contributed by atoms with Gasteiger partial charge in [0.1, 0.15) is 4.70 Å². The van der Waals surface area contributed by atoms with Gasteiger partial charge in [-0.05, 0) is 36.2 Å². The molecule has 1 N–H and O–H groups in total. The number of aromatic nitrogens is 2. The molecule has 3 rings (SSSR count). The number of hydrogen-bond donors (Lipinski definition) is 1. The molecule has 0 aromatic carbocycles. The van der Waals surface area contributed by atoms with E-state index in [2.05, 4.69) is 34.7 Å². The lowest BCUT2D eigenvalue weighted by molar-refractivity contribution is 0.528. The predicted octanol–water partition coefficient (Wildman–Crippen LogP) is 3.18. The number of nitrogens with zero attached hydrogens (tertiary/aromatic N) is 2. The van der Waals surface area contributed by atoms with Crippen molar-refractivity contribution in [2.45, 2.75) is 26.4 Å². The van der Waals surface area contributed by atoms with Crippen LogP contribution in [0.1, 0.15) is 23.4 Å². The summed E-state index contributed by atoms with van der Waals surface area (Å²) in [5.74, 6) is 0. The van der Waals surface area contributed by atoms with E-state index in [0.717, 1.165) is 22.3 Å². The second kappa shape index (κ2) is 6.09. The molecule has 0 amide bonds. The van der Waals surface area contributed by atoms with Crippen molar-refractivity contribution in [3.63, 3.8) is 0 Å². The lowest BCUT2D eigenvalue weighted by atomic mass is 10.3. The molecule has 0 spiro atoms. The molecule has 110 valence electrons. The van der Waals surface area contributed by atoms with E-state index in [4.69, 9.17) is 0 Å². The number of hydrogen-bond acceptors (Lipinski definition) is 5. The van der Waals surface area contributed by atoms with Crippen molar-refractivity contribution >= 4 is 32.9 Å². The van der Waals surface area contributed by atoms with Gasteiger partial charge in [0.15, 0.2) is 0 Å². The number of nitrogens with one attached hydrogen (secondary N) is 1. The summed E-state index contributed by atoms with van der Waals surface area (Å²) in [6, 6.07) is 4.48. The summed E-state index contributed by atoms with van der Waals surface area (Å²) in [7, 11) is 0. The summed E-state index contributed by atoms with van der Waals surface area (Å²) >= 11 is 3.22. The van der Waals surface area contributed by atoms with Gasteiger partial charge < -0.3 is 5.32 Å². The molecule has 6 heteroatoms. The van der Waals surface area contributed by atoms with E-state index in [1.165, 1.54) is 16.2 Å². The molecule has 3 aromatic heterocycles. The molecule has 0 bridgehead atoms. The van der Waals surface area contributed by atoms with E-state index < -0.39 is 0 Å². The van der Waals surface area contributed by atoms with Gasteiger partial charge in [-0.2, -0.15) is 0 Å². The monoisotopic (exact) mass is 319 g/mol. The van der Waals surface area contributed by atoms with E-state index in [9.17, 15) is 4.79 Å². The Kier molecular flexibility index (Phi) is 4.19. The minimum Gasteiger partial charge on any atom is -0.308 e. The first kappa shape index (κ1) is 14.4.